The highest BCUT2D eigenvalue weighted by Gasteiger charge is 2.06. The predicted molar refractivity (Wildman–Crippen MR) is 93.1 cm³/mol. The number of alkyl halides is 2. The van der Waals surface area contributed by atoms with E-state index in [4.69, 9.17) is 4.74 Å². The molecule has 0 amide bonds. The number of benzene rings is 2. The van der Waals surface area contributed by atoms with Crippen LogP contribution in [0, 0.1) is 0 Å². The minimum absolute atomic E-state index is 0.131. The quantitative estimate of drug-likeness (QED) is 0.596. The molecule has 0 aliphatic carbocycles. The number of hydrogen-bond acceptors (Lipinski definition) is 3. The second-order valence-electron chi connectivity index (χ2n) is 5.12. The number of nitrogens with zero attached hydrogens (tertiary/aromatic N) is 1. The largest absolute Gasteiger partial charge is 0.496 e. The lowest BCUT2D eigenvalue weighted by atomic mass is 10.2. The molecule has 0 saturated carbocycles. The Morgan fingerprint density at radius 2 is 1.84 bits per heavy atom. The van der Waals surface area contributed by atoms with E-state index in [1.165, 1.54) is 6.07 Å². The molecule has 25 heavy (non-hydrogen) atoms. The summed E-state index contributed by atoms with van der Waals surface area (Å²) in [6.45, 7) is -1.87. The van der Waals surface area contributed by atoms with Gasteiger partial charge < -0.3 is 20.1 Å². The first kappa shape index (κ1) is 18.5. The van der Waals surface area contributed by atoms with E-state index in [0.717, 1.165) is 16.9 Å². The van der Waals surface area contributed by atoms with Gasteiger partial charge >= 0.3 is 6.61 Å². The Bertz CT molecular complexity index is 708. The number of halogens is 2. The van der Waals surface area contributed by atoms with Gasteiger partial charge in [-0.05, 0) is 23.8 Å². The summed E-state index contributed by atoms with van der Waals surface area (Å²) in [5.74, 6) is 1.51. The van der Waals surface area contributed by atoms with Crippen molar-refractivity contribution < 1.29 is 18.3 Å². The van der Waals surface area contributed by atoms with Crippen molar-refractivity contribution in [2.75, 3.05) is 14.2 Å². The maximum Gasteiger partial charge on any atom is 0.387 e. The normalized spacial score (nSPS) is 11.3. The van der Waals surface area contributed by atoms with E-state index in [1.54, 1.807) is 26.3 Å². The van der Waals surface area contributed by atoms with Crippen molar-refractivity contribution in [2.24, 2.45) is 4.99 Å². The molecular formula is C18H21F2N3O2. The van der Waals surface area contributed by atoms with Crippen LogP contribution in [0.1, 0.15) is 11.1 Å². The minimum atomic E-state index is -2.83. The number of aliphatic imine (C=N–C) groups is 1. The molecule has 0 radical (unpaired) electrons. The molecule has 5 nitrogen and oxygen atoms in total. The molecule has 2 rings (SSSR count). The van der Waals surface area contributed by atoms with E-state index in [0.29, 0.717) is 19.0 Å². The van der Waals surface area contributed by atoms with Crippen LogP contribution in [0.5, 0.6) is 11.5 Å². The molecule has 7 heteroatoms. The molecule has 2 aromatic rings. The number of guanidine groups is 1. The average Bonchev–Trinajstić information content (AvgIpc) is 2.62. The van der Waals surface area contributed by atoms with Gasteiger partial charge in [-0.3, -0.25) is 4.99 Å². The Balaban J connectivity index is 1.90. The van der Waals surface area contributed by atoms with Gasteiger partial charge in [0.15, 0.2) is 5.96 Å². The summed E-state index contributed by atoms with van der Waals surface area (Å²) in [7, 11) is 3.29. The van der Waals surface area contributed by atoms with Crippen LogP contribution < -0.4 is 20.1 Å². The number of rotatable bonds is 7. The Kier molecular flexibility index (Phi) is 7.00. The van der Waals surface area contributed by atoms with Gasteiger partial charge in [0.25, 0.3) is 0 Å². The van der Waals surface area contributed by atoms with E-state index >= 15 is 0 Å². The molecule has 0 saturated heterocycles. The van der Waals surface area contributed by atoms with Crippen molar-refractivity contribution in [1.82, 2.24) is 10.6 Å². The molecule has 0 atom stereocenters. The van der Waals surface area contributed by atoms with Gasteiger partial charge in [0, 0.05) is 25.7 Å². The summed E-state index contributed by atoms with van der Waals surface area (Å²) < 4.78 is 34.2. The van der Waals surface area contributed by atoms with Crippen molar-refractivity contribution in [3.63, 3.8) is 0 Å². The fourth-order valence-corrected chi connectivity index (χ4v) is 2.27. The zero-order valence-corrected chi connectivity index (χ0v) is 14.1. The lowest BCUT2D eigenvalue weighted by molar-refractivity contribution is -0.0498. The lowest BCUT2D eigenvalue weighted by Gasteiger charge is -2.14. The van der Waals surface area contributed by atoms with Crippen molar-refractivity contribution in [2.45, 2.75) is 19.7 Å². The zero-order valence-electron chi connectivity index (χ0n) is 14.1. The van der Waals surface area contributed by atoms with Gasteiger partial charge in [0.1, 0.15) is 11.5 Å². The fraction of sp³-hybridized carbons (Fsp3) is 0.278. The third-order valence-corrected chi connectivity index (χ3v) is 3.45. The Hall–Kier alpha value is -2.83. The highest BCUT2D eigenvalue weighted by Crippen LogP contribution is 2.17. The van der Waals surface area contributed by atoms with E-state index in [1.807, 2.05) is 30.3 Å². The molecule has 0 fully saturated rings. The SMILES string of the molecule is CN=C(NCc1cccc(OC(F)F)c1)NCc1ccccc1OC. The number of nitrogens with one attached hydrogen (secondary N) is 2. The first-order chi connectivity index (χ1) is 12.1. The zero-order chi connectivity index (χ0) is 18.1. The lowest BCUT2D eigenvalue weighted by Crippen LogP contribution is -2.36. The van der Waals surface area contributed by atoms with Crippen LogP contribution in [0.3, 0.4) is 0 Å². The smallest absolute Gasteiger partial charge is 0.387 e. The molecule has 0 spiro atoms. The molecule has 0 aromatic heterocycles. The van der Waals surface area contributed by atoms with E-state index in [9.17, 15) is 8.78 Å². The third-order valence-electron chi connectivity index (χ3n) is 3.45. The van der Waals surface area contributed by atoms with Gasteiger partial charge in [0.05, 0.1) is 7.11 Å². The van der Waals surface area contributed by atoms with E-state index in [-0.39, 0.29) is 5.75 Å². The van der Waals surface area contributed by atoms with Crippen LogP contribution in [0.4, 0.5) is 8.78 Å². The van der Waals surface area contributed by atoms with Gasteiger partial charge in [-0.2, -0.15) is 8.78 Å². The molecule has 0 heterocycles. The summed E-state index contributed by atoms with van der Waals surface area (Å²) in [5, 5.41) is 6.31. The summed E-state index contributed by atoms with van der Waals surface area (Å²) in [6, 6.07) is 14.2. The molecular weight excluding hydrogens is 328 g/mol. The van der Waals surface area contributed by atoms with Crippen LogP contribution >= 0.6 is 0 Å². The van der Waals surface area contributed by atoms with Gasteiger partial charge in [0.2, 0.25) is 0 Å². The molecule has 0 bridgehead atoms. The van der Waals surface area contributed by atoms with Gasteiger partial charge in [-0.1, -0.05) is 30.3 Å². The number of hydrogen-bond donors (Lipinski definition) is 2. The summed E-state index contributed by atoms with van der Waals surface area (Å²) in [6.07, 6.45) is 0. The van der Waals surface area contributed by atoms with E-state index < -0.39 is 6.61 Å². The summed E-state index contributed by atoms with van der Waals surface area (Å²) in [4.78, 5) is 4.15. The second kappa shape index (κ2) is 9.46. The molecule has 0 aliphatic rings. The van der Waals surface area contributed by atoms with Gasteiger partial charge in [-0.15, -0.1) is 0 Å². The monoisotopic (exact) mass is 349 g/mol. The Morgan fingerprint density at radius 3 is 2.56 bits per heavy atom. The maximum atomic E-state index is 12.3. The Morgan fingerprint density at radius 1 is 1.08 bits per heavy atom. The van der Waals surface area contributed by atoms with Crippen molar-refractivity contribution in [3.8, 4) is 11.5 Å². The molecule has 0 aliphatic heterocycles. The highest BCUT2D eigenvalue weighted by atomic mass is 19.3. The van der Waals surface area contributed by atoms with Crippen molar-refractivity contribution in [1.29, 1.82) is 0 Å². The molecule has 2 aromatic carbocycles. The maximum absolute atomic E-state index is 12.3. The first-order valence-corrected chi connectivity index (χ1v) is 7.72. The average molecular weight is 349 g/mol. The summed E-state index contributed by atoms with van der Waals surface area (Å²) >= 11 is 0. The highest BCUT2D eigenvalue weighted by molar-refractivity contribution is 5.79. The number of methoxy groups -OCH3 is 1. The second-order valence-corrected chi connectivity index (χ2v) is 5.12. The topological polar surface area (TPSA) is 54.9 Å². The van der Waals surface area contributed by atoms with Crippen LogP contribution in [0.2, 0.25) is 0 Å². The van der Waals surface area contributed by atoms with Crippen molar-refractivity contribution in [3.05, 3.63) is 59.7 Å². The van der Waals surface area contributed by atoms with Crippen LogP contribution in [0.25, 0.3) is 0 Å². The first-order valence-electron chi connectivity index (χ1n) is 7.72. The van der Waals surface area contributed by atoms with Crippen LogP contribution in [0.15, 0.2) is 53.5 Å². The van der Waals surface area contributed by atoms with E-state index in [2.05, 4.69) is 20.4 Å². The number of para-hydroxylation sites is 1. The predicted octanol–water partition coefficient (Wildman–Crippen LogP) is 3.16. The van der Waals surface area contributed by atoms with Crippen molar-refractivity contribution >= 4 is 5.96 Å². The molecule has 134 valence electrons. The minimum Gasteiger partial charge on any atom is -0.496 e. The fourth-order valence-electron chi connectivity index (χ4n) is 2.27. The standard InChI is InChI=1S/C18H21F2N3O2/c1-21-18(23-12-14-7-3-4-9-16(14)24-2)22-11-13-6-5-8-15(10-13)25-17(19)20/h3-10,17H,11-12H2,1-2H3,(H2,21,22,23). The number of ether oxygens (including phenoxy) is 2. The summed E-state index contributed by atoms with van der Waals surface area (Å²) in [5.41, 5.74) is 1.80. The molecule has 2 N–H and O–H groups in total. The Labute approximate surface area is 145 Å². The molecule has 0 unspecified atom stereocenters. The van der Waals surface area contributed by atoms with Crippen LogP contribution in [-0.2, 0) is 13.1 Å². The van der Waals surface area contributed by atoms with Gasteiger partial charge in [-0.25, -0.2) is 0 Å². The van der Waals surface area contributed by atoms with Crippen LogP contribution in [-0.4, -0.2) is 26.7 Å². The third kappa shape index (κ3) is 5.95.